The molecule has 0 radical (unpaired) electrons. The summed E-state index contributed by atoms with van der Waals surface area (Å²) in [7, 11) is 0. The van der Waals surface area contributed by atoms with Crippen molar-refractivity contribution in [2.24, 2.45) is 5.92 Å². The fraction of sp³-hybridized carbons (Fsp3) is 0.562. The van der Waals surface area contributed by atoms with Crippen LogP contribution in [0.3, 0.4) is 0 Å². The van der Waals surface area contributed by atoms with Gasteiger partial charge in [-0.15, -0.1) is 0 Å². The Morgan fingerprint density at radius 2 is 2.15 bits per heavy atom. The Hall–Kier alpha value is -1.06. The lowest BCUT2D eigenvalue weighted by molar-refractivity contribution is -0.132. The SMILES string of the molecule is CC1CCCN(C(=O)CNC(C)c2ccc(Cl)cc2)C1. The van der Waals surface area contributed by atoms with Crippen LogP contribution in [-0.2, 0) is 4.79 Å². The fourth-order valence-corrected chi connectivity index (χ4v) is 2.76. The molecule has 0 spiro atoms. The quantitative estimate of drug-likeness (QED) is 0.924. The number of nitrogens with one attached hydrogen (secondary N) is 1. The van der Waals surface area contributed by atoms with Gasteiger partial charge in [-0.2, -0.15) is 0 Å². The molecule has 1 fully saturated rings. The van der Waals surface area contributed by atoms with E-state index in [0.29, 0.717) is 12.5 Å². The van der Waals surface area contributed by atoms with Crippen molar-refractivity contribution in [2.45, 2.75) is 32.7 Å². The molecular formula is C16H23ClN2O. The van der Waals surface area contributed by atoms with Gasteiger partial charge in [-0.25, -0.2) is 0 Å². The van der Waals surface area contributed by atoms with E-state index in [9.17, 15) is 4.79 Å². The van der Waals surface area contributed by atoms with Crippen LogP contribution in [0.5, 0.6) is 0 Å². The average Bonchev–Trinajstić information content (AvgIpc) is 2.45. The van der Waals surface area contributed by atoms with Gasteiger partial charge in [0.15, 0.2) is 0 Å². The molecule has 2 unspecified atom stereocenters. The van der Waals surface area contributed by atoms with Crippen LogP contribution in [0.15, 0.2) is 24.3 Å². The predicted molar refractivity (Wildman–Crippen MR) is 82.8 cm³/mol. The first-order valence-corrected chi connectivity index (χ1v) is 7.70. The lowest BCUT2D eigenvalue weighted by atomic mass is 10.0. The summed E-state index contributed by atoms with van der Waals surface area (Å²) in [6.45, 7) is 6.48. The van der Waals surface area contributed by atoms with Gasteiger partial charge < -0.3 is 10.2 Å². The van der Waals surface area contributed by atoms with Gasteiger partial charge in [0.1, 0.15) is 0 Å². The zero-order chi connectivity index (χ0) is 14.5. The smallest absolute Gasteiger partial charge is 0.236 e. The molecule has 0 aliphatic carbocycles. The first-order valence-electron chi connectivity index (χ1n) is 7.33. The maximum Gasteiger partial charge on any atom is 0.236 e. The summed E-state index contributed by atoms with van der Waals surface area (Å²) in [5.74, 6) is 0.832. The van der Waals surface area contributed by atoms with Crippen LogP contribution in [-0.4, -0.2) is 30.4 Å². The van der Waals surface area contributed by atoms with E-state index in [4.69, 9.17) is 11.6 Å². The number of likely N-dealkylation sites (tertiary alicyclic amines) is 1. The third kappa shape index (κ3) is 4.22. The van der Waals surface area contributed by atoms with Crippen LogP contribution in [0.1, 0.15) is 38.3 Å². The molecule has 110 valence electrons. The van der Waals surface area contributed by atoms with E-state index in [2.05, 4.69) is 19.2 Å². The zero-order valence-electron chi connectivity index (χ0n) is 12.2. The van der Waals surface area contributed by atoms with Gasteiger partial charge in [0.25, 0.3) is 0 Å². The molecule has 20 heavy (non-hydrogen) atoms. The highest BCUT2D eigenvalue weighted by molar-refractivity contribution is 6.30. The van der Waals surface area contributed by atoms with E-state index in [-0.39, 0.29) is 11.9 Å². The normalized spacial score (nSPS) is 20.8. The minimum Gasteiger partial charge on any atom is -0.341 e. The second-order valence-electron chi connectivity index (χ2n) is 5.74. The second kappa shape index (κ2) is 7.09. The second-order valence-corrected chi connectivity index (χ2v) is 6.18. The standard InChI is InChI=1S/C16H23ClN2O/c1-12-4-3-9-19(11-12)16(20)10-18-13(2)14-5-7-15(17)8-6-14/h5-8,12-13,18H,3-4,9-11H2,1-2H3. The summed E-state index contributed by atoms with van der Waals surface area (Å²) < 4.78 is 0. The molecule has 0 saturated carbocycles. The molecule has 1 N–H and O–H groups in total. The molecule has 1 heterocycles. The molecule has 0 bridgehead atoms. The molecule has 2 atom stereocenters. The van der Waals surface area contributed by atoms with Crippen LogP contribution >= 0.6 is 11.6 Å². The summed E-state index contributed by atoms with van der Waals surface area (Å²) >= 11 is 5.88. The number of rotatable bonds is 4. The van der Waals surface area contributed by atoms with E-state index in [1.54, 1.807) is 0 Å². The zero-order valence-corrected chi connectivity index (χ0v) is 13.0. The third-order valence-corrected chi connectivity index (χ3v) is 4.19. The maximum atomic E-state index is 12.2. The van der Waals surface area contributed by atoms with Crippen molar-refractivity contribution in [3.8, 4) is 0 Å². The van der Waals surface area contributed by atoms with E-state index in [1.165, 1.54) is 6.42 Å². The molecular weight excluding hydrogens is 272 g/mol. The topological polar surface area (TPSA) is 32.3 Å². The third-order valence-electron chi connectivity index (χ3n) is 3.94. The minimum atomic E-state index is 0.151. The van der Waals surface area contributed by atoms with Gasteiger partial charge in [0.2, 0.25) is 5.91 Å². The number of benzene rings is 1. The van der Waals surface area contributed by atoms with Crippen molar-refractivity contribution in [1.82, 2.24) is 10.2 Å². The van der Waals surface area contributed by atoms with E-state index < -0.39 is 0 Å². The van der Waals surface area contributed by atoms with E-state index in [1.807, 2.05) is 29.2 Å². The van der Waals surface area contributed by atoms with Crippen molar-refractivity contribution in [3.63, 3.8) is 0 Å². The number of halogens is 1. The summed E-state index contributed by atoms with van der Waals surface area (Å²) in [4.78, 5) is 14.2. The molecule has 1 aromatic carbocycles. The average molecular weight is 295 g/mol. The fourth-order valence-electron chi connectivity index (χ4n) is 2.64. The van der Waals surface area contributed by atoms with E-state index >= 15 is 0 Å². The Morgan fingerprint density at radius 3 is 2.80 bits per heavy atom. The Balaban J connectivity index is 1.82. The molecule has 1 saturated heterocycles. The number of amides is 1. The number of hydrogen-bond acceptors (Lipinski definition) is 2. The van der Waals surface area contributed by atoms with Gasteiger partial charge in [0, 0.05) is 24.2 Å². The van der Waals surface area contributed by atoms with Gasteiger partial charge in [-0.3, -0.25) is 4.79 Å². The first-order chi connectivity index (χ1) is 9.56. The molecule has 4 heteroatoms. The Kier molecular flexibility index (Phi) is 5.44. The molecule has 1 aliphatic heterocycles. The lowest BCUT2D eigenvalue weighted by Gasteiger charge is -2.31. The van der Waals surface area contributed by atoms with Crippen molar-refractivity contribution in [1.29, 1.82) is 0 Å². The summed E-state index contributed by atoms with van der Waals surface area (Å²) in [5, 5.41) is 4.03. The van der Waals surface area contributed by atoms with Crippen LogP contribution < -0.4 is 5.32 Å². The number of piperidine rings is 1. The largest absolute Gasteiger partial charge is 0.341 e. The molecule has 2 rings (SSSR count). The highest BCUT2D eigenvalue weighted by Gasteiger charge is 2.20. The van der Waals surface area contributed by atoms with Crippen LogP contribution in [0, 0.1) is 5.92 Å². The van der Waals surface area contributed by atoms with Crippen molar-refractivity contribution in [2.75, 3.05) is 19.6 Å². The molecule has 1 amide bonds. The van der Waals surface area contributed by atoms with Crippen LogP contribution in [0.2, 0.25) is 5.02 Å². The van der Waals surface area contributed by atoms with Crippen LogP contribution in [0.25, 0.3) is 0 Å². The van der Waals surface area contributed by atoms with Gasteiger partial charge in [0.05, 0.1) is 6.54 Å². The molecule has 0 aromatic heterocycles. The Labute approximate surface area is 126 Å². The highest BCUT2D eigenvalue weighted by Crippen LogP contribution is 2.17. The molecule has 1 aromatic rings. The van der Waals surface area contributed by atoms with Gasteiger partial charge >= 0.3 is 0 Å². The highest BCUT2D eigenvalue weighted by atomic mass is 35.5. The minimum absolute atomic E-state index is 0.151. The maximum absolute atomic E-state index is 12.2. The van der Waals surface area contributed by atoms with Gasteiger partial charge in [-0.05, 0) is 43.4 Å². The predicted octanol–water partition coefficient (Wildman–Crippen LogP) is 3.25. The Morgan fingerprint density at radius 1 is 1.45 bits per heavy atom. The summed E-state index contributed by atoms with van der Waals surface area (Å²) in [5.41, 5.74) is 1.15. The summed E-state index contributed by atoms with van der Waals surface area (Å²) in [6.07, 6.45) is 2.36. The number of carbonyl (C=O) groups is 1. The molecule has 3 nitrogen and oxygen atoms in total. The number of nitrogens with zero attached hydrogens (tertiary/aromatic N) is 1. The Bertz CT molecular complexity index is 446. The molecule has 1 aliphatic rings. The van der Waals surface area contributed by atoms with Crippen molar-refractivity contribution in [3.05, 3.63) is 34.9 Å². The monoisotopic (exact) mass is 294 g/mol. The number of carbonyl (C=O) groups excluding carboxylic acids is 1. The lowest BCUT2D eigenvalue weighted by Crippen LogP contribution is -2.43. The van der Waals surface area contributed by atoms with Gasteiger partial charge in [-0.1, -0.05) is 30.7 Å². The van der Waals surface area contributed by atoms with E-state index in [0.717, 1.165) is 30.1 Å². The van der Waals surface area contributed by atoms with Crippen molar-refractivity contribution < 1.29 is 4.79 Å². The van der Waals surface area contributed by atoms with Crippen molar-refractivity contribution >= 4 is 17.5 Å². The summed E-state index contributed by atoms with van der Waals surface area (Å²) in [6, 6.07) is 7.89. The number of hydrogen-bond donors (Lipinski definition) is 1. The first kappa shape index (κ1) is 15.3. The van der Waals surface area contributed by atoms with Crippen LogP contribution in [0.4, 0.5) is 0 Å².